The first-order valence-electron chi connectivity index (χ1n) is 10.1. The van der Waals surface area contributed by atoms with Gasteiger partial charge in [-0.25, -0.2) is 9.67 Å². The molecule has 3 rings (SSSR count). The molecule has 2 N–H and O–H groups in total. The Hall–Kier alpha value is -1.61. The fourth-order valence-corrected chi connectivity index (χ4v) is 3.48. The van der Waals surface area contributed by atoms with Crippen LogP contribution in [0.5, 0.6) is 0 Å². The van der Waals surface area contributed by atoms with Crippen molar-refractivity contribution in [2.24, 2.45) is 4.99 Å². The maximum Gasteiger partial charge on any atom is 0.191 e. The van der Waals surface area contributed by atoms with Gasteiger partial charge in [0.05, 0.1) is 12.2 Å². The minimum atomic E-state index is 0. The molecule has 0 unspecified atom stereocenters. The highest BCUT2D eigenvalue weighted by molar-refractivity contribution is 14.0. The first-order chi connectivity index (χ1) is 13.3. The van der Waals surface area contributed by atoms with Crippen molar-refractivity contribution in [3.05, 3.63) is 48.3 Å². The summed E-state index contributed by atoms with van der Waals surface area (Å²) in [6.45, 7) is 9.49. The molecule has 1 aromatic carbocycles. The third-order valence-electron chi connectivity index (χ3n) is 4.94. The molecule has 0 spiro atoms. The predicted molar refractivity (Wildman–Crippen MR) is 127 cm³/mol. The van der Waals surface area contributed by atoms with Gasteiger partial charge in [0.2, 0.25) is 0 Å². The summed E-state index contributed by atoms with van der Waals surface area (Å²) in [6, 6.07) is 10.8. The summed E-state index contributed by atoms with van der Waals surface area (Å²) >= 11 is 0. The second-order valence-corrected chi connectivity index (χ2v) is 7.07. The number of halogens is 1. The summed E-state index contributed by atoms with van der Waals surface area (Å²) in [4.78, 5) is 7.34. The summed E-state index contributed by atoms with van der Waals surface area (Å²) in [5, 5.41) is 11.3. The molecular formula is C21H33IN6. The van der Waals surface area contributed by atoms with Gasteiger partial charge in [-0.3, -0.25) is 0 Å². The van der Waals surface area contributed by atoms with E-state index in [4.69, 9.17) is 4.99 Å². The third kappa shape index (κ3) is 6.77. The largest absolute Gasteiger partial charge is 0.357 e. The van der Waals surface area contributed by atoms with Gasteiger partial charge in [-0.1, -0.05) is 19.1 Å². The summed E-state index contributed by atoms with van der Waals surface area (Å²) in [7, 11) is 0. The van der Waals surface area contributed by atoms with Crippen molar-refractivity contribution in [3.63, 3.8) is 0 Å². The van der Waals surface area contributed by atoms with Crippen LogP contribution in [-0.4, -0.2) is 52.9 Å². The smallest absolute Gasteiger partial charge is 0.191 e. The van der Waals surface area contributed by atoms with Crippen molar-refractivity contribution in [1.29, 1.82) is 0 Å². The van der Waals surface area contributed by atoms with Crippen molar-refractivity contribution in [1.82, 2.24) is 25.3 Å². The van der Waals surface area contributed by atoms with Gasteiger partial charge < -0.3 is 15.5 Å². The normalized spacial score (nSPS) is 15.9. The number of benzene rings is 1. The second-order valence-electron chi connectivity index (χ2n) is 7.07. The number of aliphatic imine (C=N–C) groups is 1. The maximum absolute atomic E-state index is 4.78. The topological polar surface area (TPSA) is 57.5 Å². The molecule has 0 aliphatic carbocycles. The van der Waals surface area contributed by atoms with E-state index in [9.17, 15) is 0 Å². The standard InChI is InChI=1S/C21H32N6.HI/c1-3-13-26-15-10-19(11-16-26)25-21(22-4-2)23-17-18-6-8-20(9-7-18)27-14-5-12-24-27;/h5-9,12,14,19H,3-4,10-11,13,15-17H2,1-2H3,(H2,22,23,25);1H. The summed E-state index contributed by atoms with van der Waals surface area (Å²) in [6.07, 6.45) is 7.35. The van der Waals surface area contributed by atoms with E-state index >= 15 is 0 Å². The SMILES string of the molecule is CCCN1CCC(NC(=NCc2ccc(-n3cccn3)cc2)NCC)CC1.I. The highest BCUT2D eigenvalue weighted by Crippen LogP contribution is 2.11. The van der Waals surface area contributed by atoms with Crippen molar-refractivity contribution < 1.29 is 0 Å². The van der Waals surface area contributed by atoms with Crippen molar-refractivity contribution in [3.8, 4) is 5.69 Å². The van der Waals surface area contributed by atoms with Gasteiger partial charge in [0, 0.05) is 38.1 Å². The second kappa shape index (κ2) is 12.1. The van der Waals surface area contributed by atoms with Gasteiger partial charge in [0.25, 0.3) is 0 Å². The molecule has 7 heteroatoms. The number of nitrogens with zero attached hydrogens (tertiary/aromatic N) is 4. The minimum absolute atomic E-state index is 0. The first-order valence-corrected chi connectivity index (χ1v) is 10.1. The number of nitrogens with one attached hydrogen (secondary N) is 2. The molecule has 0 saturated carbocycles. The molecule has 1 saturated heterocycles. The molecule has 1 aliphatic rings. The van der Waals surface area contributed by atoms with Gasteiger partial charge >= 0.3 is 0 Å². The molecular weight excluding hydrogens is 463 g/mol. The van der Waals surface area contributed by atoms with E-state index in [0.29, 0.717) is 12.6 Å². The van der Waals surface area contributed by atoms with Gasteiger partial charge in [-0.15, -0.1) is 24.0 Å². The maximum atomic E-state index is 4.78. The van der Waals surface area contributed by atoms with E-state index in [-0.39, 0.29) is 24.0 Å². The van der Waals surface area contributed by atoms with Crippen LogP contribution in [0.25, 0.3) is 5.69 Å². The molecule has 154 valence electrons. The Morgan fingerprint density at radius 2 is 1.93 bits per heavy atom. The fourth-order valence-electron chi connectivity index (χ4n) is 3.48. The van der Waals surface area contributed by atoms with Crippen LogP contribution in [0, 0.1) is 0 Å². The van der Waals surface area contributed by atoms with Crippen molar-refractivity contribution in [2.45, 2.75) is 45.7 Å². The van der Waals surface area contributed by atoms with Crippen LogP contribution in [0.4, 0.5) is 0 Å². The molecule has 28 heavy (non-hydrogen) atoms. The van der Waals surface area contributed by atoms with Gasteiger partial charge in [-0.2, -0.15) is 5.10 Å². The van der Waals surface area contributed by atoms with Crippen LogP contribution in [0.3, 0.4) is 0 Å². The van der Waals surface area contributed by atoms with E-state index in [2.05, 4.69) is 58.7 Å². The monoisotopic (exact) mass is 496 g/mol. The molecule has 2 heterocycles. The fraction of sp³-hybridized carbons (Fsp3) is 0.524. The van der Waals surface area contributed by atoms with Crippen LogP contribution in [0.2, 0.25) is 0 Å². The Morgan fingerprint density at radius 1 is 1.18 bits per heavy atom. The lowest BCUT2D eigenvalue weighted by Gasteiger charge is -2.32. The number of guanidine groups is 1. The van der Waals surface area contributed by atoms with E-state index in [1.807, 2.05) is 16.9 Å². The van der Waals surface area contributed by atoms with Crippen molar-refractivity contribution >= 4 is 29.9 Å². The molecule has 6 nitrogen and oxygen atoms in total. The lowest BCUT2D eigenvalue weighted by molar-refractivity contribution is 0.206. The van der Waals surface area contributed by atoms with E-state index in [0.717, 1.165) is 18.2 Å². The Labute approximate surface area is 185 Å². The Bertz CT molecular complexity index is 690. The Balaban J connectivity index is 0.00000280. The number of hydrogen-bond acceptors (Lipinski definition) is 3. The zero-order valence-electron chi connectivity index (χ0n) is 17.0. The minimum Gasteiger partial charge on any atom is -0.357 e. The van der Waals surface area contributed by atoms with Gasteiger partial charge in [0.15, 0.2) is 5.96 Å². The quantitative estimate of drug-likeness (QED) is 0.351. The highest BCUT2D eigenvalue weighted by Gasteiger charge is 2.19. The lowest BCUT2D eigenvalue weighted by atomic mass is 10.1. The molecule has 0 atom stereocenters. The first kappa shape index (κ1) is 22.7. The van der Waals surface area contributed by atoms with Crippen LogP contribution < -0.4 is 10.6 Å². The van der Waals surface area contributed by atoms with Crippen LogP contribution in [0.1, 0.15) is 38.7 Å². The molecule has 1 aromatic heterocycles. The van der Waals surface area contributed by atoms with Crippen LogP contribution >= 0.6 is 24.0 Å². The molecule has 0 bridgehead atoms. The highest BCUT2D eigenvalue weighted by atomic mass is 127. The molecule has 2 aromatic rings. The average Bonchev–Trinajstić information content (AvgIpc) is 3.23. The van der Waals surface area contributed by atoms with Gasteiger partial charge in [0.1, 0.15) is 0 Å². The molecule has 0 amide bonds. The van der Waals surface area contributed by atoms with Crippen LogP contribution in [0.15, 0.2) is 47.7 Å². The number of likely N-dealkylation sites (tertiary alicyclic amines) is 1. The zero-order chi connectivity index (χ0) is 18.9. The van der Waals surface area contributed by atoms with E-state index in [1.54, 1.807) is 6.20 Å². The lowest BCUT2D eigenvalue weighted by Crippen LogP contribution is -2.48. The molecule has 1 fully saturated rings. The predicted octanol–water partition coefficient (Wildman–Crippen LogP) is 3.42. The number of aromatic nitrogens is 2. The number of piperidine rings is 1. The van der Waals surface area contributed by atoms with Crippen LogP contribution in [-0.2, 0) is 6.54 Å². The van der Waals surface area contributed by atoms with E-state index < -0.39 is 0 Å². The molecule has 1 aliphatic heterocycles. The van der Waals surface area contributed by atoms with Gasteiger partial charge in [-0.05, 0) is 56.5 Å². The summed E-state index contributed by atoms with van der Waals surface area (Å²) in [5.41, 5.74) is 2.26. The number of hydrogen-bond donors (Lipinski definition) is 2. The third-order valence-corrected chi connectivity index (χ3v) is 4.94. The Morgan fingerprint density at radius 3 is 2.54 bits per heavy atom. The summed E-state index contributed by atoms with van der Waals surface area (Å²) < 4.78 is 1.86. The number of rotatable bonds is 7. The zero-order valence-corrected chi connectivity index (χ0v) is 19.3. The van der Waals surface area contributed by atoms with Crippen molar-refractivity contribution in [2.75, 3.05) is 26.2 Å². The summed E-state index contributed by atoms with van der Waals surface area (Å²) in [5.74, 6) is 0.919. The molecule has 0 radical (unpaired) electrons. The van der Waals surface area contributed by atoms with E-state index in [1.165, 1.54) is 44.5 Å². The average molecular weight is 496 g/mol. The Kier molecular flexibility index (Phi) is 9.77.